The van der Waals surface area contributed by atoms with Gasteiger partial charge in [-0.25, -0.2) is 0 Å². The highest BCUT2D eigenvalue weighted by Gasteiger charge is 2.48. The number of hydrogen-bond acceptors (Lipinski definition) is 2. The smallest absolute Gasteiger partial charge is 0.400 e. The number of amides is 1. The van der Waals surface area contributed by atoms with Gasteiger partial charge in [-0.2, -0.15) is 13.2 Å². The zero-order valence-corrected chi connectivity index (χ0v) is 13.0. The summed E-state index contributed by atoms with van der Waals surface area (Å²) in [6.45, 7) is 2.44. The fraction of sp³-hybridized carbons (Fsp3) is 0.500. The first-order chi connectivity index (χ1) is 10.6. The lowest BCUT2D eigenvalue weighted by molar-refractivity contribution is -0.183. The van der Waals surface area contributed by atoms with E-state index in [9.17, 15) is 22.8 Å². The van der Waals surface area contributed by atoms with E-state index >= 15 is 0 Å². The van der Waals surface area contributed by atoms with Crippen LogP contribution in [0.3, 0.4) is 0 Å². The number of carbonyl (C=O) groups is 2. The molecule has 2 unspecified atom stereocenters. The van der Waals surface area contributed by atoms with E-state index in [1.54, 1.807) is 13.0 Å². The number of alkyl halides is 3. The summed E-state index contributed by atoms with van der Waals surface area (Å²) in [5.74, 6) is -1.54. The minimum absolute atomic E-state index is 0.0520. The van der Waals surface area contributed by atoms with Gasteiger partial charge < -0.3 is 10.0 Å². The molecule has 1 amide bonds. The molecule has 128 valence electrons. The molecule has 2 atom stereocenters. The van der Waals surface area contributed by atoms with Crippen LogP contribution in [0.2, 0.25) is 0 Å². The van der Waals surface area contributed by atoms with E-state index in [4.69, 9.17) is 5.11 Å². The van der Waals surface area contributed by atoms with Crippen molar-refractivity contribution in [3.05, 3.63) is 36.0 Å². The molecule has 0 heterocycles. The fourth-order valence-electron chi connectivity index (χ4n) is 2.37. The molecule has 23 heavy (non-hydrogen) atoms. The molecule has 0 bridgehead atoms. The van der Waals surface area contributed by atoms with Crippen molar-refractivity contribution < 1.29 is 27.9 Å². The van der Waals surface area contributed by atoms with Gasteiger partial charge in [0.05, 0.1) is 0 Å². The molecule has 1 aliphatic rings. The van der Waals surface area contributed by atoms with Crippen molar-refractivity contribution in [3.8, 4) is 0 Å². The van der Waals surface area contributed by atoms with Crippen LogP contribution in [0.4, 0.5) is 13.2 Å². The number of nitrogens with zero attached hydrogens (tertiary/aromatic N) is 1. The molecule has 7 heteroatoms. The van der Waals surface area contributed by atoms with Gasteiger partial charge in [0.25, 0.3) is 0 Å². The maximum Gasteiger partial charge on any atom is 0.400 e. The van der Waals surface area contributed by atoms with E-state index in [1.807, 2.05) is 0 Å². The highest BCUT2D eigenvalue weighted by Crippen LogP contribution is 2.43. The van der Waals surface area contributed by atoms with Gasteiger partial charge in [0, 0.05) is 12.5 Å². The molecule has 0 fully saturated rings. The van der Waals surface area contributed by atoms with Gasteiger partial charge in [-0.1, -0.05) is 37.3 Å². The molecular formula is C16H20F3NO3. The van der Waals surface area contributed by atoms with Crippen LogP contribution in [0.25, 0.3) is 0 Å². The van der Waals surface area contributed by atoms with Crippen molar-refractivity contribution in [2.45, 2.75) is 26.4 Å². The summed E-state index contributed by atoms with van der Waals surface area (Å²) >= 11 is 0. The van der Waals surface area contributed by atoms with Crippen LogP contribution in [0.15, 0.2) is 36.0 Å². The molecular weight excluding hydrogens is 311 g/mol. The third kappa shape index (κ3) is 4.97. The molecule has 0 saturated heterocycles. The minimum atomic E-state index is -4.44. The summed E-state index contributed by atoms with van der Waals surface area (Å²) in [5, 5.41) is 8.76. The summed E-state index contributed by atoms with van der Waals surface area (Å²) < 4.78 is 39.8. The molecule has 1 rings (SSSR count). The largest absolute Gasteiger partial charge is 0.480 e. The average Bonchev–Trinajstić information content (AvgIpc) is 2.65. The molecule has 4 nitrogen and oxygen atoms in total. The SMILES string of the molecule is CCC(CN(C=O)CC(=O)O)C1=CC(C)(C(F)(F)F)C=CC=C1. The van der Waals surface area contributed by atoms with Crippen molar-refractivity contribution in [2.24, 2.45) is 11.3 Å². The van der Waals surface area contributed by atoms with E-state index < -0.39 is 24.1 Å². The molecule has 1 N–H and O–H groups in total. The second-order valence-electron chi connectivity index (χ2n) is 5.68. The van der Waals surface area contributed by atoms with Crippen molar-refractivity contribution in [2.75, 3.05) is 13.1 Å². The van der Waals surface area contributed by atoms with E-state index in [-0.39, 0.29) is 12.5 Å². The zero-order valence-electron chi connectivity index (χ0n) is 13.0. The molecule has 0 radical (unpaired) electrons. The van der Waals surface area contributed by atoms with Crippen LogP contribution in [0, 0.1) is 11.3 Å². The Hall–Kier alpha value is -2.05. The normalized spacial score (nSPS) is 22.2. The Morgan fingerprint density at radius 3 is 2.57 bits per heavy atom. The van der Waals surface area contributed by atoms with Crippen molar-refractivity contribution in [1.82, 2.24) is 4.90 Å². The third-order valence-corrected chi connectivity index (χ3v) is 3.83. The summed E-state index contributed by atoms with van der Waals surface area (Å²) in [4.78, 5) is 22.7. The molecule has 0 spiro atoms. The predicted molar refractivity (Wildman–Crippen MR) is 79.6 cm³/mol. The van der Waals surface area contributed by atoms with Crippen molar-refractivity contribution >= 4 is 12.4 Å². The maximum atomic E-state index is 13.3. The highest BCUT2D eigenvalue weighted by atomic mass is 19.4. The number of carboxylic acid groups (broad SMARTS) is 1. The number of rotatable bonds is 7. The topological polar surface area (TPSA) is 57.6 Å². The molecule has 0 saturated carbocycles. The standard InChI is InChI=1S/C16H20F3NO3/c1-3-12(9-20(11-21)10-14(22)23)13-6-4-5-7-15(2,8-13)16(17,18)19/h4-8,11-12H,3,9-10H2,1-2H3,(H,22,23). The van der Waals surface area contributed by atoms with Gasteiger partial charge in [-0.15, -0.1) is 0 Å². The quantitative estimate of drug-likeness (QED) is 0.729. The number of halogens is 3. The minimum Gasteiger partial charge on any atom is -0.480 e. The van der Waals surface area contributed by atoms with E-state index in [2.05, 4.69) is 0 Å². The Kier molecular flexibility index (Phi) is 6.18. The van der Waals surface area contributed by atoms with Gasteiger partial charge >= 0.3 is 12.1 Å². The number of hydrogen-bond donors (Lipinski definition) is 1. The fourth-order valence-corrected chi connectivity index (χ4v) is 2.37. The highest BCUT2D eigenvalue weighted by molar-refractivity contribution is 5.71. The van der Waals surface area contributed by atoms with Crippen molar-refractivity contribution in [3.63, 3.8) is 0 Å². The first-order valence-electron chi connectivity index (χ1n) is 7.19. The van der Waals surface area contributed by atoms with Gasteiger partial charge in [-0.05, 0) is 18.9 Å². The number of allylic oxidation sites excluding steroid dienone is 5. The Bertz CT molecular complexity index is 537. The lowest BCUT2D eigenvalue weighted by Gasteiger charge is -2.28. The maximum absolute atomic E-state index is 13.3. The van der Waals surface area contributed by atoms with E-state index in [0.29, 0.717) is 18.4 Å². The number of carbonyl (C=O) groups excluding carboxylic acids is 1. The summed E-state index contributed by atoms with van der Waals surface area (Å²) in [5.41, 5.74) is -1.66. The average molecular weight is 331 g/mol. The first kappa shape index (κ1) is 19.0. The van der Waals surface area contributed by atoms with Gasteiger partial charge in [0.1, 0.15) is 12.0 Å². The zero-order chi connectivity index (χ0) is 17.7. The Labute approximate surface area is 133 Å². The van der Waals surface area contributed by atoms with Crippen molar-refractivity contribution in [1.29, 1.82) is 0 Å². The molecule has 0 aromatic rings. The third-order valence-electron chi connectivity index (χ3n) is 3.83. The Morgan fingerprint density at radius 1 is 1.43 bits per heavy atom. The number of carboxylic acids is 1. The second-order valence-corrected chi connectivity index (χ2v) is 5.68. The van der Waals surface area contributed by atoms with E-state index in [1.165, 1.54) is 12.2 Å². The summed E-state index contributed by atoms with van der Waals surface area (Å²) in [7, 11) is 0. The number of aliphatic carboxylic acids is 1. The first-order valence-corrected chi connectivity index (χ1v) is 7.19. The van der Waals surface area contributed by atoms with Gasteiger partial charge in [0.15, 0.2) is 0 Å². The van der Waals surface area contributed by atoms with Crippen LogP contribution >= 0.6 is 0 Å². The monoisotopic (exact) mass is 331 g/mol. The lowest BCUT2D eigenvalue weighted by atomic mass is 9.84. The Balaban J connectivity index is 3.08. The van der Waals surface area contributed by atoms with Crippen LogP contribution in [0.5, 0.6) is 0 Å². The van der Waals surface area contributed by atoms with E-state index in [0.717, 1.165) is 24.0 Å². The summed E-state index contributed by atoms with van der Waals surface area (Å²) in [6, 6.07) is 0. The van der Waals surface area contributed by atoms with Crippen LogP contribution < -0.4 is 0 Å². The van der Waals surface area contributed by atoms with Crippen LogP contribution in [0.1, 0.15) is 20.3 Å². The lowest BCUT2D eigenvalue weighted by Crippen LogP contribution is -2.35. The molecule has 1 aliphatic carbocycles. The van der Waals surface area contributed by atoms with Gasteiger partial charge in [-0.3, -0.25) is 9.59 Å². The Morgan fingerprint density at radius 2 is 2.09 bits per heavy atom. The summed E-state index contributed by atoms with van der Waals surface area (Å²) in [6.07, 6.45) is 3.11. The molecule has 0 aromatic carbocycles. The van der Waals surface area contributed by atoms with Gasteiger partial charge in [0.2, 0.25) is 6.41 Å². The molecule has 0 aliphatic heterocycles. The second kappa shape index (κ2) is 7.48. The molecule has 0 aromatic heterocycles. The van der Waals surface area contributed by atoms with Crippen LogP contribution in [-0.2, 0) is 9.59 Å². The predicted octanol–water partition coefficient (Wildman–Crippen LogP) is 3.18. The van der Waals surface area contributed by atoms with Crippen LogP contribution in [-0.4, -0.2) is 41.7 Å².